The van der Waals surface area contributed by atoms with Crippen LogP contribution in [0.25, 0.3) is 0 Å². The monoisotopic (exact) mass is 232 g/mol. The van der Waals surface area contributed by atoms with E-state index in [9.17, 15) is 4.79 Å². The van der Waals surface area contributed by atoms with E-state index in [-0.39, 0.29) is 0 Å². The Labute approximate surface area is 105 Å². The zero-order valence-electron chi connectivity index (χ0n) is 11.3. The zero-order chi connectivity index (χ0) is 12.7. The zero-order valence-corrected chi connectivity index (χ0v) is 11.3. The molecule has 0 atom stereocenters. The number of Topliss-reactive ketones (excluding diaryl/α,β-unsaturated/α-hetero) is 1. The van der Waals surface area contributed by atoms with E-state index in [0.717, 1.165) is 5.56 Å². The molecule has 0 fully saturated rings. The van der Waals surface area contributed by atoms with E-state index in [2.05, 4.69) is 13.8 Å². The van der Waals surface area contributed by atoms with E-state index < -0.39 is 0 Å². The van der Waals surface area contributed by atoms with Gasteiger partial charge in [0.15, 0.2) is 5.78 Å². The van der Waals surface area contributed by atoms with Gasteiger partial charge in [-0.1, -0.05) is 69.4 Å². The van der Waals surface area contributed by atoms with Crippen molar-refractivity contribution in [2.24, 2.45) is 5.92 Å². The Morgan fingerprint density at radius 2 is 1.59 bits per heavy atom. The minimum Gasteiger partial charge on any atom is -0.294 e. The molecular formula is C16H24O. The van der Waals surface area contributed by atoms with Crippen molar-refractivity contribution in [3.63, 3.8) is 0 Å². The third-order valence-electron chi connectivity index (χ3n) is 3.24. The molecule has 1 heteroatoms. The van der Waals surface area contributed by atoms with Crippen molar-refractivity contribution >= 4 is 5.78 Å². The molecule has 17 heavy (non-hydrogen) atoms. The first-order valence-corrected chi connectivity index (χ1v) is 6.77. The van der Waals surface area contributed by atoms with E-state index in [0.29, 0.717) is 18.1 Å². The molecule has 0 saturated heterocycles. The quantitative estimate of drug-likeness (QED) is 0.618. The molecule has 0 aromatic heterocycles. The molecule has 0 heterocycles. The molecule has 1 aromatic rings. The first-order valence-electron chi connectivity index (χ1n) is 6.77. The SMILES string of the molecule is CCCC(CCC)CC(=O)c1ccc(C)cc1. The van der Waals surface area contributed by atoms with Gasteiger partial charge in [-0.2, -0.15) is 0 Å². The summed E-state index contributed by atoms with van der Waals surface area (Å²) in [5, 5.41) is 0. The Bertz CT molecular complexity index is 331. The highest BCUT2D eigenvalue weighted by Crippen LogP contribution is 2.20. The van der Waals surface area contributed by atoms with Crippen LogP contribution >= 0.6 is 0 Å². The fourth-order valence-electron chi connectivity index (χ4n) is 2.28. The summed E-state index contributed by atoms with van der Waals surface area (Å²) in [5.41, 5.74) is 2.08. The average molecular weight is 232 g/mol. The maximum absolute atomic E-state index is 12.1. The van der Waals surface area contributed by atoms with Gasteiger partial charge in [0.05, 0.1) is 0 Å². The summed E-state index contributed by atoms with van der Waals surface area (Å²) < 4.78 is 0. The highest BCUT2D eigenvalue weighted by Gasteiger charge is 2.13. The summed E-state index contributed by atoms with van der Waals surface area (Å²) in [5.74, 6) is 0.871. The highest BCUT2D eigenvalue weighted by atomic mass is 16.1. The number of aryl methyl sites for hydroxylation is 1. The maximum Gasteiger partial charge on any atom is 0.163 e. The van der Waals surface area contributed by atoms with E-state index in [1.165, 1.54) is 31.2 Å². The molecule has 0 aliphatic heterocycles. The van der Waals surface area contributed by atoms with E-state index >= 15 is 0 Å². The number of benzene rings is 1. The van der Waals surface area contributed by atoms with E-state index in [1.807, 2.05) is 31.2 Å². The van der Waals surface area contributed by atoms with Gasteiger partial charge < -0.3 is 0 Å². The minimum atomic E-state index is 0.303. The number of hydrogen-bond acceptors (Lipinski definition) is 1. The first-order chi connectivity index (χ1) is 8.17. The molecule has 0 spiro atoms. The molecule has 0 aliphatic carbocycles. The summed E-state index contributed by atoms with van der Waals surface area (Å²) in [7, 11) is 0. The molecular weight excluding hydrogens is 208 g/mol. The molecule has 1 rings (SSSR count). The van der Waals surface area contributed by atoms with Crippen LogP contribution in [0.2, 0.25) is 0 Å². The third-order valence-corrected chi connectivity index (χ3v) is 3.24. The summed E-state index contributed by atoms with van der Waals surface area (Å²) in [6.45, 7) is 6.43. The van der Waals surface area contributed by atoms with Gasteiger partial charge in [-0.05, 0) is 12.8 Å². The molecule has 0 amide bonds. The third kappa shape index (κ3) is 4.72. The molecule has 1 nitrogen and oxygen atoms in total. The summed E-state index contributed by atoms with van der Waals surface area (Å²) >= 11 is 0. The Balaban J connectivity index is 2.60. The van der Waals surface area contributed by atoms with Gasteiger partial charge in [0.25, 0.3) is 0 Å². The Kier molecular flexibility index (Phi) is 5.96. The van der Waals surface area contributed by atoms with Crippen molar-refractivity contribution in [3.8, 4) is 0 Å². The van der Waals surface area contributed by atoms with Crippen molar-refractivity contribution in [3.05, 3.63) is 35.4 Å². The van der Waals surface area contributed by atoms with Crippen LogP contribution in [0.4, 0.5) is 0 Å². The number of rotatable bonds is 7. The normalized spacial score (nSPS) is 10.8. The van der Waals surface area contributed by atoms with Gasteiger partial charge in [0.1, 0.15) is 0 Å². The van der Waals surface area contributed by atoms with Gasteiger partial charge >= 0.3 is 0 Å². The molecule has 0 radical (unpaired) electrons. The van der Waals surface area contributed by atoms with Crippen molar-refractivity contribution in [2.45, 2.75) is 52.9 Å². The predicted molar refractivity (Wildman–Crippen MR) is 73.4 cm³/mol. The smallest absolute Gasteiger partial charge is 0.163 e. The Morgan fingerprint density at radius 1 is 1.06 bits per heavy atom. The molecule has 0 unspecified atom stereocenters. The van der Waals surface area contributed by atoms with Gasteiger partial charge in [-0.3, -0.25) is 4.79 Å². The van der Waals surface area contributed by atoms with E-state index in [4.69, 9.17) is 0 Å². The summed E-state index contributed by atoms with van der Waals surface area (Å²) in [6.07, 6.45) is 5.40. The number of carbonyl (C=O) groups is 1. The summed E-state index contributed by atoms with van der Waals surface area (Å²) in [6, 6.07) is 7.93. The fraction of sp³-hybridized carbons (Fsp3) is 0.562. The predicted octanol–water partition coefficient (Wildman–Crippen LogP) is 4.78. The van der Waals surface area contributed by atoms with Crippen LogP contribution in [0.1, 0.15) is 61.9 Å². The lowest BCUT2D eigenvalue weighted by Gasteiger charge is -2.14. The van der Waals surface area contributed by atoms with Crippen molar-refractivity contribution in [1.29, 1.82) is 0 Å². The van der Waals surface area contributed by atoms with Gasteiger partial charge in [0, 0.05) is 12.0 Å². The topological polar surface area (TPSA) is 17.1 Å². The van der Waals surface area contributed by atoms with Crippen LogP contribution < -0.4 is 0 Å². The molecule has 0 aliphatic rings. The van der Waals surface area contributed by atoms with Crippen LogP contribution in [0.15, 0.2) is 24.3 Å². The fourth-order valence-corrected chi connectivity index (χ4v) is 2.28. The largest absolute Gasteiger partial charge is 0.294 e. The van der Waals surface area contributed by atoms with Crippen LogP contribution in [0.5, 0.6) is 0 Å². The highest BCUT2D eigenvalue weighted by molar-refractivity contribution is 5.96. The van der Waals surface area contributed by atoms with Gasteiger partial charge in [-0.25, -0.2) is 0 Å². The van der Waals surface area contributed by atoms with Crippen LogP contribution in [0, 0.1) is 12.8 Å². The second-order valence-corrected chi connectivity index (χ2v) is 4.94. The van der Waals surface area contributed by atoms with Crippen LogP contribution in [-0.2, 0) is 0 Å². The second kappa shape index (κ2) is 7.26. The second-order valence-electron chi connectivity index (χ2n) is 4.94. The number of carbonyl (C=O) groups excluding carboxylic acids is 1. The van der Waals surface area contributed by atoms with E-state index in [1.54, 1.807) is 0 Å². The van der Waals surface area contributed by atoms with Crippen molar-refractivity contribution in [1.82, 2.24) is 0 Å². The maximum atomic E-state index is 12.1. The van der Waals surface area contributed by atoms with Gasteiger partial charge in [-0.15, -0.1) is 0 Å². The van der Waals surface area contributed by atoms with Gasteiger partial charge in [0.2, 0.25) is 0 Å². The lowest BCUT2D eigenvalue weighted by molar-refractivity contribution is 0.0956. The molecule has 0 saturated carbocycles. The first kappa shape index (κ1) is 14.0. The number of ketones is 1. The molecule has 1 aromatic carbocycles. The molecule has 0 N–H and O–H groups in total. The minimum absolute atomic E-state index is 0.303. The Morgan fingerprint density at radius 3 is 2.06 bits per heavy atom. The van der Waals surface area contributed by atoms with Crippen molar-refractivity contribution < 1.29 is 4.79 Å². The van der Waals surface area contributed by atoms with Crippen molar-refractivity contribution in [2.75, 3.05) is 0 Å². The standard InChI is InChI=1S/C16H24O/c1-4-6-14(7-5-2)12-16(17)15-10-8-13(3)9-11-15/h8-11,14H,4-7,12H2,1-3H3. The van der Waals surface area contributed by atoms with Crippen LogP contribution in [0.3, 0.4) is 0 Å². The average Bonchev–Trinajstić information content (AvgIpc) is 2.30. The summed E-state index contributed by atoms with van der Waals surface area (Å²) in [4.78, 5) is 12.1. The Hall–Kier alpha value is -1.11. The lowest BCUT2D eigenvalue weighted by atomic mass is 9.90. The molecule has 94 valence electrons. The lowest BCUT2D eigenvalue weighted by Crippen LogP contribution is -2.09. The molecule has 0 bridgehead atoms. The number of hydrogen-bond donors (Lipinski definition) is 0. The van der Waals surface area contributed by atoms with Crippen LogP contribution in [-0.4, -0.2) is 5.78 Å².